The topological polar surface area (TPSA) is 91.5 Å². The van der Waals surface area contributed by atoms with Gasteiger partial charge < -0.3 is 19.9 Å². The summed E-state index contributed by atoms with van der Waals surface area (Å²) in [5.41, 5.74) is 3.40. The first-order valence-corrected chi connectivity index (χ1v) is 11.2. The molecule has 2 aromatic carbocycles. The third kappa shape index (κ3) is 4.62. The van der Waals surface area contributed by atoms with Gasteiger partial charge in [0.2, 0.25) is 5.91 Å². The minimum atomic E-state index is -0.864. The summed E-state index contributed by atoms with van der Waals surface area (Å²) in [5.74, 6) is -0.840. The molecule has 2 atom stereocenters. The van der Waals surface area contributed by atoms with Crippen molar-refractivity contribution in [3.05, 3.63) is 71.4 Å². The Morgan fingerprint density at radius 1 is 1.12 bits per heavy atom. The van der Waals surface area contributed by atoms with Crippen LogP contribution in [-0.4, -0.2) is 46.9 Å². The minimum Gasteiger partial charge on any atom is -0.467 e. The lowest BCUT2D eigenvalue weighted by Gasteiger charge is -2.29. The molecule has 1 aliphatic rings. The van der Waals surface area contributed by atoms with Gasteiger partial charge in [0, 0.05) is 35.6 Å². The summed E-state index contributed by atoms with van der Waals surface area (Å²) in [7, 11) is 1.31. The smallest absolute Gasteiger partial charge is 0.328 e. The Bertz CT molecular complexity index is 1180. The van der Waals surface area contributed by atoms with Crippen molar-refractivity contribution < 1.29 is 19.1 Å². The average molecular weight is 448 g/mol. The highest BCUT2D eigenvalue weighted by atomic mass is 16.5. The first kappa shape index (κ1) is 22.6. The quantitative estimate of drug-likeness (QED) is 0.518. The van der Waals surface area contributed by atoms with E-state index in [1.54, 1.807) is 11.0 Å². The molecule has 0 unspecified atom stereocenters. The van der Waals surface area contributed by atoms with Gasteiger partial charge >= 0.3 is 5.97 Å². The van der Waals surface area contributed by atoms with Gasteiger partial charge in [-0.05, 0) is 35.6 Å². The summed E-state index contributed by atoms with van der Waals surface area (Å²) in [6, 6.07) is 13.7. The summed E-state index contributed by atoms with van der Waals surface area (Å²) >= 11 is 0. The highest BCUT2D eigenvalue weighted by molar-refractivity contribution is 6.01. The number of H-pyrrole nitrogens is 1. The molecule has 33 heavy (non-hydrogen) atoms. The van der Waals surface area contributed by atoms with Crippen molar-refractivity contribution in [1.82, 2.24) is 15.2 Å². The predicted molar refractivity (Wildman–Crippen MR) is 126 cm³/mol. The minimum absolute atomic E-state index is 0.155. The van der Waals surface area contributed by atoms with Gasteiger partial charge in [0.15, 0.2) is 0 Å². The number of carbonyl (C=O) groups excluding carboxylic acids is 3. The number of aromatic nitrogens is 1. The van der Waals surface area contributed by atoms with Crippen molar-refractivity contribution in [2.24, 2.45) is 5.92 Å². The second-order valence-corrected chi connectivity index (χ2v) is 8.88. The van der Waals surface area contributed by atoms with Crippen LogP contribution in [0.15, 0.2) is 54.7 Å². The standard InChI is InChI=1S/C26H29N3O4/c1-16(2)12-23(29-15-17-8-4-5-10-20(17)25(29)31)24(30)28-22(26(32)33-3)13-18-14-27-21-11-7-6-9-19(18)21/h4-11,14,16,22-23,27H,12-13,15H2,1-3H3,(H,28,30)/t22-,23-/m0/s1. The van der Waals surface area contributed by atoms with E-state index in [0.29, 0.717) is 18.5 Å². The molecule has 0 bridgehead atoms. The molecule has 1 aromatic heterocycles. The number of para-hydroxylation sites is 1. The van der Waals surface area contributed by atoms with Crippen molar-refractivity contribution >= 4 is 28.7 Å². The molecule has 7 heteroatoms. The number of amides is 2. The molecule has 1 aliphatic heterocycles. The summed E-state index contributed by atoms with van der Waals surface area (Å²) < 4.78 is 4.99. The van der Waals surface area contributed by atoms with Crippen LogP contribution in [-0.2, 0) is 27.3 Å². The second kappa shape index (κ2) is 9.48. The Morgan fingerprint density at radius 3 is 2.58 bits per heavy atom. The van der Waals surface area contributed by atoms with E-state index < -0.39 is 18.1 Å². The van der Waals surface area contributed by atoms with Crippen LogP contribution < -0.4 is 5.32 Å². The molecule has 2 amide bonds. The van der Waals surface area contributed by atoms with E-state index in [2.05, 4.69) is 10.3 Å². The van der Waals surface area contributed by atoms with Crippen LogP contribution in [0.1, 0.15) is 41.8 Å². The molecule has 2 N–H and O–H groups in total. The van der Waals surface area contributed by atoms with Crippen LogP contribution in [0, 0.1) is 5.92 Å². The Morgan fingerprint density at radius 2 is 1.85 bits per heavy atom. The third-order valence-corrected chi connectivity index (χ3v) is 6.12. The number of methoxy groups -OCH3 is 1. The average Bonchev–Trinajstić information content (AvgIpc) is 3.37. The van der Waals surface area contributed by atoms with Crippen LogP contribution in [0.5, 0.6) is 0 Å². The molecule has 0 aliphatic carbocycles. The SMILES string of the molecule is COC(=O)[C@H](Cc1c[nH]c2ccccc12)NC(=O)[C@H](CC(C)C)N1Cc2ccccc2C1=O. The summed E-state index contributed by atoms with van der Waals surface area (Å²) in [6.45, 7) is 4.40. The van der Waals surface area contributed by atoms with E-state index in [1.165, 1.54) is 7.11 Å². The normalized spacial score (nSPS) is 14.9. The Hall–Kier alpha value is -3.61. The van der Waals surface area contributed by atoms with E-state index in [1.807, 2.05) is 62.5 Å². The van der Waals surface area contributed by atoms with Crippen molar-refractivity contribution in [1.29, 1.82) is 0 Å². The lowest BCUT2D eigenvalue weighted by molar-refractivity contribution is -0.145. The van der Waals surface area contributed by atoms with Crippen molar-refractivity contribution in [3.63, 3.8) is 0 Å². The van der Waals surface area contributed by atoms with Gasteiger partial charge in [-0.3, -0.25) is 9.59 Å². The van der Waals surface area contributed by atoms with Crippen LogP contribution >= 0.6 is 0 Å². The van der Waals surface area contributed by atoms with Gasteiger partial charge in [0.25, 0.3) is 5.91 Å². The van der Waals surface area contributed by atoms with Gasteiger partial charge in [-0.25, -0.2) is 4.79 Å². The predicted octanol–water partition coefficient (Wildman–Crippen LogP) is 3.44. The van der Waals surface area contributed by atoms with Gasteiger partial charge in [0.05, 0.1) is 7.11 Å². The Balaban J connectivity index is 1.57. The zero-order chi connectivity index (χ0) is 23.5. The number of ether oxygens (including phenoxy) is 1. The van der Waals surface area contributed by atoms with E-state index in [-0.39, 0.29) is 24.2 Å². The first-order chi connectivity index (χ1) is 15.9. The van der Waals surface area contributed by atoms with Crippen molar-refractivity contribution in [2.75, 3.05) is 7.11 Å². The molecule has 0 fully saturated rings. The number of rotatable bonds is 8. The molecule has 4 rings (SSSR count). The number of hydrogen-bond acceptors (Lipinski definition) is 4. The van der Waals surface area contributed by atoms with Crippen molar-refractivity contribution in [3.8, 4) is 0 Å². The number of benzene rings is 2. The van der Waals surface area contributed by atoms with E-state index >= 15 is 0 Å². The number of nitrogens with one attached hydrogen (secondary N) is 2. The fourth-order valence-corrected chi connectivity index (χ4v) is 4.47. The first-order valence-electron chi connectivity index (χ1n) is 11.2. The van der Waals surface area contributed by atoms with E-state index in [4.69, 9.17) is 4.74 Å². The molecule has 7 nitrogen and oxygen atoms in total. The van der Waals surface area contributed by atoms with Crippen LogP contribution in [0.2, 0.25) is 0 Å². The lowest BCUT2D eigenvalue weighted by Crippen LogP contribution is -2.53. The fourth-order valence-electron chi connectivity index (χ4n) is 4.47. The molecule has 0 saturated heterocycles. The number of nitrogens with zero attached hydrogens (tertiary/aromatic N) is 1. The summed E-state index contributed by atoms with van der Waals surface area (Å²) in [4.78, 5) is 43.9. The lowest BCUT2D eigenvalue weighted by atomic mass is 10.00. The van der Waals surface area contributed by atoms with Crippen molar-refractivity contribution in [2.45, 2.75) is 45.3 Å². The van der Waals surface area contributed by atoms with Crippen LogP contribution in [0.4, 0.5) is 0 Å². The zero-order valence-electron chi connectivity index (χ0n) is 19.1. The molecule has 0 spiro atoms. The summed E-state index contributed by atoms with van der Waals surface area (Å²) in [6.07, 6.45) is 2.62. The largest absolute Gasteiger partial charge is 0.467 e. The van der Waals surface area contributed by atoms with Gasteiger partial charge in [0.1, 0.15) is 12.1 Å². The monoisotopic (exact) mass is 447 g/mol. The molecule has 2 heterocycles. The molecule has 3 aromatic rings. The zero-order valence-corrected chi connectivity index (χ0v) is 19.1. The summed E-state index contributed by atoms with van der Waals surface area (Å²) in [5, 5.41) is 3.87. The maximum absolute atomic E-state index is 13.5. The molecule has 0 saturated carbocycles. The second-order valence-electron chi connectivity index (χ2n) is 8.88. The molecular formula is C26H29N3O4. The maximum Gasteiger partial charge on any atom is 0.328 e. The van der Waals surface area contributed by atoms with E-state index in [0.717, 1.165) is 22.0 Å². The number of fused-ring (bicyclic) bond motifs is 2. The van der Waals surface area contributed by atoms with Crippen LogP contribution in [0.3, 0.4) is 0 Å². The number of esters is 1. The fraction of sp³-hybridized carbons (Fsp3) is 0.346. The van der Waals surface area contributed by atoms with E-state index in [9.17, 15) is 14.4 Å². The number of aromatic amines is 1. The number of carbonyl (C=O) groups is 3. The Labute approximate surface area is 193 Å². The molecule has 172 valence electrons. The maximum atomic E-state index is 13.5. The highest BCUT2D eigenvalue weighted by Crippen LogP contribution is 2.27. The molecular weight excluding hydrogens is 418 g/mol. The number of hydrogen-bond donors (Lipinski definition) is 2. The van der Waals surface area contributed by atoms with Crippen LogP contribution in [0.25, 0.3) is 10.9 Å². The van der Waals surface area contributed by atoms with Gasteiger partial charge in [-0.1, -0.05) is 50.2 Å². The highest BCUT2D eigenvalue weighted by Gasteiger charge is 2.38. The van der Waals surface area contributed by atoms with Gasteiger partial charge in [-0.15, -0.1) is 0 Å². The third-order valence-electron chi connectivity index (χ3n) is 6.12. The Kier molecular flexibility index (Phi) is 6.49. The van der Waals surface area contributed by atoms with Gasteiger partial charge in [-0.2, -0.15) is 0 Å². The molecule has 0 radical (unpaired) electrons.